The highest BCUT2D eigenvalue weighted by atomic mass is 35.5. The summed E-state index contributed by atoms with van der Waals surface area (Å²) in [4.78, 5) is 15.4. The number of anilines is 1. The van der Waals surface area contributed by atoms with Crippen LogP contribution >= 0.6 is 34.5 Å². The van der Waals surface area contributed by atoms with Crippen molar-refractivity contribution in [3.05, 3.63) is 27.6 Å². The van der Waals surface area contributed by atoms with Crippen molar-refractivity contribution in [3.8, 4) is 17.0 Å². The SMILES string of the molecule is CC(=O)Nc1nc(-c2cc(Cl)c(OCC(C)(C)C)c(Cl)c2)cs1. The minimum absolute atomic E-state index is 0.00744. The molecule has 2 aromatic rings. The maximum Gasteiger partial charge on any atom is 0.223 e. The van der Waals surface area contributed by atoms with Gasteiger partial charge in [0.2, 0.25) is 5.91 Å². The van der Waals surface area contributed by atoms with Crippen molar-refractivity contribution in [2.24, 2.45) is 5.41 Å². The minimum atomic E-state index is -0.159. The Morgan fingerprint density at radius 2 is 1.91 bits per heavy atom. The predicted molar refractivity (Wildman–Crippen MR) is 96.8 cm³/mol. The second-order valence-corrected chi connectivity index (χ2v) is 8.01. The number of benzene rings is 1. The second kappa shape index (κ2) is 7.07. The number of aromatic nitrogens is 1. The Kier molecular flexibility index (Phi) is 5.55. The fraction of sp³-hybridized carbons (Fsp3) is 0.375. The predicted octanol–water partition coefficient (Wildman–Crippen LogP) is 5.50. The molecule has 23 heavy (non-hydrogen) atoms. The molecule has 0 bridgehead atoms. The lowest BCUT2D eigenvalue weighted by Gasteiger charge is -2.20. The zero-order valence-electron chi connectivity index (χ0n) is 13.4. The number of nitrogens with zero attached hydrogens (tertiary/aromatic N) is 1. The first-order valence-corrected chi connectivity index (χ1v) is 8.64. The van der Waals surface area contributed by atoms with Gasteiger partial charge in [0.15, 0.2) is 10.9 Å². The minimum Gasteiger partial charge on any atom is -0.490 e. The molecule has 7 heteroatoms. The van der Waals surface area contributed by atoms with Gasteiger partial charge in [0, 0.05) is 17.9 Å². The number of halogens is 2. The number of hydrogen-bond acceptors (Lipinski definition) is 4. The molecule has 0 aliphatic carbocycles. The number of amides is 1. The maximum atomic E-state index is 11.1. The largest absolute Gasteiger partial charge is 0.490 e. The van der Waals surface area contributed by atoms with Crippen LogP contribution in [0.15, 0.2) is 17.5 Å². The highest BCUT2D eigenvalue weighted by Gasteiger charge is 2.17. The molecular formula is C16H18Cl2N2O2S. The van der Waals surface area contributed by atoms with Crippen LogP contribution in [0.4, 0.5) is 5.13 Å². The summed E-state index contributed by atoms with van der Waals surface area (Å²) in [6, 6.07) is 3.52. The average molecular weight is 373 g/mol. The Hall–Kier alpha value is -1.30. The van der Waals surface area contributed by atoms with Crippen molar-refractivity contribution in [2.75, 3.05) is 11.9 Å². The van der Waals surface area contributed by atoms with Crippen LogP contribution in [0.2, 0.25) is 10.0 Å². The molecule has 0 atom stereocenters. The summed E-state index contributed by atoms with van der Waals surface area (Å²) in [5.41, 5.74) is 1.48. The van der Waals surface area contributed by atoms with Gasteiger partial charge in [0.05, 0.1) is 22.3 Å². The van der Waals surface area contributed by atoms with Crippen molar-refractivity contribution in [1.29, 1.82) is 0 Å². The van der Waals surface area contributed by atoms with Gasteiger partial charge in [-0.2, -0.15) is 0 Å². The molecule has 0 aliphatic heterocycles. The Labute approximate surface area is 149 Å². The molecule has 1 heterocycles. The van der Waals surface area contributed by atoms with Gasteiger partial charge in [0.1, 0.15) is 0 Å². The van der Waals surface area contributed by atoms with Gasteiger partial charge < -0.3 is 10.1 Å². The monoisotopic (exact) mass is 372 g/mol. The Bertz CT molecular complexity index is 700. The zero-order valence-corrected chi connectivity index (χ0v) is 15.7. The summed E-state index contributed by atoms with van der Waals surface area (Å²) in [5, 5.41) is 5.89. The van der Waals surface area contributed by atoms with Gasteiger partial charge in [-0.15, -0.1) is 11.3 Å². The molecule has 0 saturated carbocycles. The Morgan fingerprint density at radius 3 is 2.43 bits per heavy atom. The van der Waals surface area contributed by atoms with Crippen LogP contribution < -0.4 is 10.1 Å². The van der Waals surface area contributed by atoms with Crippen LogP contribution in [-0.4, -0.2) is 17.5 Å². The van der Waals surface area contributed by atoms with Gasteiger partial charge in [-0.05, 0) is 17.5 Å². The third kappa shape index (κ3) is 5.09. The molecule has 0 spiro atoms. The Balaban J connectivity index is 2.25. The van der Waals surface area contributed by atoms with Gasteiger partial charge in [-0.1, -0.05) is 44.0 Å². The van der Waals surface area contributed by atoms with E-state index in [0.29, 0.717) is 33.2 Å². The summed E-state index contributed by atoms with van der Waals surface area (Å²) >= 11 is 13.9. The molecule has 0 fully saturated rings. The van der Waals surface area contributed by atoms with E-state index in [1.165, 1.54) is 18.3 Å². The standard InChI is InChI=1S/C16H18Cl2N2O2S/c1-9(21)19-15-20-13(7-23-15)10-5-11(17)14(12(18)6-10)22-8-16(2,3)4/h5-7H,8H2,1-4H3,(H,19,20,21). The molecule has 124 valence electrons. The van der Waals surface area contributed by atoms with Crippen molar-refractivity contribution in [1.82, 2.24) is 4.98 Å². The van der Waals surface area contributed by atoms with Crippen LogP contribution in [0.25, 0.3) is 11.3 Å². The van der Waals surface area contributed by atoms with Crippen molar-refractivity contribution in [2.45, 2.75) is 27.7 Å². The molecule has 1 N–H and O–H groups in total. The van der Waals surface area contributed by atoms with E-state index in [9.17, 15) is 4.79 Å². The van der Waals surface area contributed by atoms with E-state index in [0.717, 1.165) is 5.56 Å². The van der Waals surface area contributed by atoms with Crippen molar-refractivity contribution < 1.29 is 9.53 Å². The first-order chi connectivity index (χ1) is 10.7. The topological polar surface area (TPSA) is 51.2 Å². The molecule has 4 nitrogen and oxygen atoms in total. The van der Waals surface area contributed by atoms with Crippen LogP contribution in [0.1, 0.15) is 27.7 Å². The normalized spacial score (nSPS) is 11.4. The molecule has 1 amide bonds. The lowest BCUT2D eigenvalue weighted by Crippen LogP contribution is -2.17. The van der Waals surface area contributed by atoms with Crippen LogP contribution in [0.5, 0.6) is 5.75 Å². The van der Waals surface area contributed by atoms with E-state index in [4.69, 9.17) is 27.9 Å². The average Bonchev–Trinajstić information content (AvgIpc) is 2.83. The number of ether oxygens (including phenoxy) is 1. The highest BCUT2D eigenvalue weighted by Crippen LogP contribution is 2.38. The number of thiazole rings is 1. The maximum absolute atomic E-state index is 11.1. The Morgan fingerprint density at radius 1 is 1.30 bits per heavy atom. The molecule has 0 aliphatic rings. The summed E-state index contributed by atoms with van der Waals surface area (Å²) in [7, 11) is 0. The van der Waals surface area contributed by atoms with E-state index in [2.05, 4.69) is 31.1 Å². The molecule has 0 unspecified atom stereocenters. The van der Waals surface area contributed by atoms with E-state index < -0.39 is 0 Å². The fourth-order valence-corrected chi connectivity index (χ4v) is 3.11. The second-order valence-electron chi connectivity index (χ2n) is 6.34. The van der Waals surface area contributed by atoms with E-state index >= 15 is 0 Å². The highest BCUT2D eigenvalue weighted by molar-refractivity contribution is 7.14. The summed E-state index contributed by atoms with van der Waals surface area (Å²) in [6.45, 7) is 8.16. The van der Waals surface area contributed by atoms with Crippen LogP contribution in [-0.2, 0) is 4.79 Å². The van der Waals surface area contributed by atoms with Crippen molar-refractivity contribution in [3.63, 3.8) is 0 Å². The third-order valence-corrected chi connectivity index (χ3v) is 4.05. The first kappa shape index (κ1) is 18.0. The molecule has 2 rings (SSSR count). The molecule has 0 saturated heterocycles. The zero-order chi connectivity index (χ0) is 17.2. The first-order valence-electron chi connectivity index (χ1n) is 7.01. The smallest absolute Gasteiger partial charge is 0.223 e. The summed E-state index contributed by atoms with van der Waals surface area (Å²) in [5.74, 6) is 0.317. The van der Waals surface area contributed by atoms with Crippen LogP contribution in [0, 0.1) is 5.41 Å². The third-order valence-electron chi connectivity index (χ3n) is 2.73. The van der Waals surface area contributed by atoms with E-state index in [1.807, 2.05) is 5.38 Å². The van der Waals surface area contributed by atoms with Crippen molar-refractivity contribution >= 4 is 45.6 Å². The number of carbonyl (C=O) groups is 1. The molecule has 0 radical (unpaired) electrons. The summed E-state index contributed by atoms with van der Waals surface area (Å²) < 4.78 is 5.74. The number of hydrogen-bond donors (Lipinski definition) is 1. The molecule has 1 aromatic heterocycles. The number of rotatable bonds is 4. The fourth-order valence-electron chi connectivity index (χ4n) is 1.75. The van der Waals surface area contributed by atoms with E-state index in [-0.39, 0.29) is 11.3 Å². The number of nitrogens with one attached hydrogen (secondary N) is 1. The quantitative estimate of drug-likeness (QED) is 0.770. The van der Waals surface area contributed by atoms with Gasteiger partial charge in [0.25, 0.3) is 0 Å². The molecular weight excluding hydrogens is 355 g/mol. The summed E-state index contributed by atoms with van der Waals surface area (Å²) in [6.07, 6.45) is 0. The lowest BCUT2D eigenvalue weighted by atomic mass is 9.99. The number of carbonyl (C=O) groups excluding carboxylic acids is 1. The van der Waals surface area contributed by atoms with Crippen LogP contribution in [0.3, 0.4) is 0 Å². The van der Waals surface area contributed by atoms with Gasteiger partial charge in [-0.3, -0.25) is 4.79 Å². The van der Waals surface area contributed by atoms with E-state index in [1.54, 1.807) is 12.1 Å². The lowest BCUT2D eigenvalue weighted by molar-refractivity contribution is -0.114. The molecule has 1 aromatic carbocycles. The van der Waals surface area contributed by atoms with Gasteiger partial charge >= 0.3 is 0 Å². The van der Waals surface area contributed by atoms with Gasteiger partial charge in [-0.25, -0.2) is 4.98 Å².